The summed E-state index contributed by atoms with van der Waals surface area (Å²) >= 11 is 0. The number of hydrogen-bond acceptors (Lipinski definition) is 4. The van der Waals surface area contributed by atoms with E-state index in [0.717, 1.165) is 34.9 Å². The zero-order chi connectivity index (χ0) is 17.3. The van der Waals surface area contributed by atoms with Crippen molar-refractivity contribution < 1.29 is 0 Å². The van der Waals surface area contributed by atoms with Gasteiger partial charge in [0, 0.05) is 0 Å². The Morgan fingerprint density at radius 2 is 0.962 bits per heavy atom. The molecule has 0 atom stereocenters. The number of nitrogens with one attached hydrogen (secondary N) is 2. The van der Waals surface area contributed by atoms with E-state index in [4.69, 9.17) is 0 Å². The fourth-order valence-electron chi connectivity index (χ4n) is 3.45. The van der Waals surface area contributed by atoms with Gasteiger partial charge in [0.15, 0.2) is 0 Å². The molecule has 0 amide bonds. The fourth-order valence-corrected chi connectivity index (χ4v) is 3.45. The summed E-state index contributed by atoms with van der Waals surface area (Å²) in [5.74, 6) is 0. The van der Waals surface area contributed by atoms with Crippen LogP contribution in [0.1, 0.15) is 22.3 Å². The molecule has 0 fully saturated rings. The van der Waals surface area contributed by atoms with E-state index < -0.39 is 0 Å². The summed E-state index contributed by atoms with van der Waals surface area (Å²) in [6.07, 6.45) is 1.63. The molecule has 6 nitrogen and oxygen atoms in total. The van der Waals surface area contributed by atoms with Crippen LogP contribution < -0.4 is 0 Å². The van der Waals surface area contributed by atoms with Gasteiger partial charge in [-0.05, 0) is 47.2 Å². The van der Waals surface area contributed by atoms with Crippen LogP contribution in [0.2, 0.25) is 0 Å². The summed E-state index contributed by atoms with van der Waals surface area (Å²) in [5.41, 5.74) is 8.56. The highest BCUT2D eigenvalue weighted by Crippen LogP contribution is 2.23. The molecule has 6 heteroatoms. The van der Waals surface area contributed by atoms with E-state index in [1.54, 1.807) is 0 Å². The average molecular weight is 340 g/mol. The van der Waals surface area contributed by atoms with Crippen LogP contribution in [-0.4, -0.2) is 30.8 Å². The molecule has 0 bridgehead atoms. The van der Waals surface area contributed by atoms with E-state index in [-0.39, 0.29) is 0 Å². The van der Waals surface area contributed by atoms with Gasteiger partial charge in [-0.15, -0.1) is 0 Å². The maximum atomic E-state index is 4.30. The fraction of sp³-hybridized carbons (Fsp3) is 0.100. The number of benzene rings is 3. The van der Waals surface area contributed by atoms with Gasteiger partial charge in [0.2, 0.25) is 0 Å². The molecule has 0 saturated carbocycles. The Morgan fingerprint density at radius 1 is 0.500 bits per heavy atom. The zero-order valence-corrected chi connectivity index (χ0v) is 14.0. The second kappa shape index (κ2) is 6.07. The quantitative estimate of drug-likeness (QED) is 0.525. The summed E-state index contributed by atoms with van der Waals surface area (Å²) in [4.78, 5) is 0. The van der Waals surface area contributed by atoms with Crippen molar-refractivity contribution >= 4 is 22.1 Å². The molecule has 3 aromatic carbocycles. The molecule has 2 N–H and O–H groups in total. The molecule has 0 saturated heterocycles. The highest BCUT2D eigenvalue weighted by molar-refractivity contribution is 5.78. The number of para-hydroxylation sites is 2. The minimum Gasteiger partial charge on any atom is -0.197 e. The second-order valence-corrected chi connectivity index (χ2v) is 6.34. The van der Waals surface area contributed by atoms with E-state index in [9.17, 15) is 0 Å². The predicted molar refractivity (Wildman–Crippen MR) is 99.8 cm³/mol. The van der Waals surface area contributed by atoms with Crippen LogP contribution in [0.5, 0.6) is 0 Å². The van der Waals surface area contributed by atoms with Gasteiger partial charge in [-0.1, -0.05) is 48.5 Å². The summed E-state index contributed by atoms with van der Waals surface area (Å²) in [6.45, 7) is 0. The normalized spacial score (nSPS) is 11.4. The minimum absolute atomic E-state index is 0.814. The van der Waals surface area contributed by atoms with Crippen LogP contribution in [-0.2, 0) is 12.8 Å². The van der Waals surface area contributed by atoms with Crippen molar-refractivity contribution in [3.8, 4) is 0 Å². The highest BCUT2D eigenvalue weighted by Gasteiger charge is 2.11. The third kappa shape index (κ3) is 2.52. The van der Waals surface area contributed by atoms with Crippen molar-refractivity contribution in [2.45, 2.75) is 12.8 Å². The third-order valence-electron chi connectivity index (χ3n) is 4.74. The molecule has 0 spiro atoms. The first-order chi connectivity index (χ1) is 12.9. The molecule has 5 aromatic rings. The van der Waals surface area contributed by atoms with Crippen LogP contribution >= 0.6 is 0 Å². The summed E-state index contributed by atoms with van der Waals surface area (Å²) in [7, 11) is 0. The lowest BCUT2D eigenvalue weighted by atomic mass is 9.94. The number of nitrogens with zero attached hydrogens (tertiary/aromatic N) is 4. The predicted octanol–water partition coefficient (Wildman–Crippen LogP) is 3.41. The van der Waals surface area contributed by atoms with E-state index in [0.29, 0.717) is 0 Å². The van der Waals surface area contributed by atoms with Gasteiger partial charge in [0.1, 0.15) is 22.1 Å². The summed E-state index contributed by atoms with van der Waals surface area (Å²) in [6, 6.07) is 20.7. The van der Waals surface area contributed by atoms with Gasteiger partial charge in [-0.2, -0.15) is 30.8 Å². The van der Waals surface area contributed by atoms with Crippen LogP contribution in [0.3, 0.4) is 0 Å². The average Bonchev–Trinajstić information content (AvgIpc) is 3.33. The molecule has 0 aliphatic rings. The monoisotopic (exact) mass is 340 g/mol. The Bertz CT molecular complexity index is 1110. The Hall–Kier alpha value is -3.54. The van der Waals surface area contributed by atoms with Gasteiger partial charge >= 0.3 is 0 Å². The number of aromatic amines is 2. The molecule has 0 aliphatic heterocycles. The number of fused-ring (bicyclic) bond motifs is 2. The van der Waals surface area contributed by atoms with Crippen LogP contribution in [0, 0.1) is 0 Å². The molecular weight excluding hydrogens is 324 g/mol. The number of H-pyrrole nitrogens is 2. The zero-order valence-electron chi connectivity index (χ0n) is 14.0. The van der Waals surface area contributed by atoms with E-state index in [1.807, 2.05) is 24.3 Å². The first kappa shape index (κ1) is 14.8. The molecule has 126 valence electrons. The van der Waals surface area contributed by atoms with Crippen molar-refractivity contribution in [2.75, 3.05) is 0 Å². The Labute approximate surface area is 149 Å². The van der Waals surface area contributed by atoms with Crippen LogP contribution in [0.25, 0.3) is 22.1 Å². The molecule has 0 unspecified atom stereocenters. The SMILES string of the molecule is c1ccc(Cc2cccc3n[nH]nc23)c(Cc2cccc3n[nH]nc23)c1. The molecule has 2 aromatic heterocycles. The second-order valence-electron chi connectivity index (χ2n) is 6.34. The molecule has 0 radical (unpaired) electrons. The van der Waals surface area contributed by atoms with Crippen LogP contribution in [0.4, 0.5) is 0 Å². The van der Waals surface area contributed by atoms with Gasteiger partial charge < -0.3 is 0 Å². The van der Waals surface area contributed by atoms with Gasteiger partial charge in [0.05, 0.1) is 0 Å². The van der Waals surface area contributed by atoms with E-state index in [1.165, 1.54) is 22.3 Å². The first-order valence-corrected chi connectivity index (χ1v) is 8.52. The third-order valence-corrected chi connectivity index (χ3v) is 4.74. The lowest BCUT2D eigenvalue weighted by molar-refractivity contribution is 0.955. The van der Waals surface area contributed by atoms with Crippen molar-refractivity contribution in [2.24, 2.45) is 0 Å². The molecule has 26 heavy (non-hydrogen) atoms. The van der Waals surface area contributed by atoms with Gasteiger partial charge in [-0.25, -0.2) is 0 Å². The van der Waals surface area contributed by atoms with Crippen molar-refractivity contribution in [1.29, 1.82) is 0 Å². The molecule has 2 heterocycles. The van der Waals surface area contributed by atoms with Crippen molar-refractivity contribution in [3.63, 3.8) is 0 Å². The number of aromatic nitrogens is 6. The Balaban J connectivity index is 1.53. The number of hydrogen-bond donors (Lipinski definition) is 2. The van der Waals surface area contributed by atoms with E-state index >= 15 is 0 Å². The molecule has 5 rings (SSSR count). The lowest BCUT2D eigenvalue weighted by Crippen LogP contribution is -1.98. The number of rotatable bonds is 4. The van der Waals surface area contributed by atoms with Crippen molar-refractivity contribution in [1.82, 2.24) is 30.8 Å². The standard InChI is InChI=1S/C20H16N6/c1-2-6-14(12-16-8-4-10-18-20(16)24-26-22-18)13(5-1)11-15-7-3-9-17-19(15)23-25-21-17/h1-10H,11-12H2,(H,21,23,25)(H,22,24,26). The Kier molecular flexibility index (Phi) is 3.45. The topological polar surface area (TPSA) is 83.1 Å². The highest BCUT2D eigenvalue weighted by atomic mass is 15.3. The van der Waals surface area contributed by atoms with Gasteiger partial charge in [0.25, 0.3) is 0 Å². The largest absolute Gasteiger partial charge is 0.197 e. The Morgan fingerprint density at radius 3 is 1.46 bits per heavy atom. The minimum atomic E-state index is 0.814. The maximum absolute atomic E-state index is 4.30. The van der Waals surface area contributed by atoms with Crippen molar-refractivity contribution in [3.05, 3.63) is 82.9 Å². The summed E-state index contributed by atoms with van der Waals surface area (Å²) in [5, 5.41) is 22.4. The molecule has 0 aliphatic carbocycles. The summed E-state index contributed by atoms with van der Waals surface area (Å²) < 4.78 is 0. The first-order valence-electron chi connectivity index (χ1n) is 8.52. The van der Waals surface area contributed by atoms with E-state index in [2.05, 4.69) is 67.2 Å². The lowest BCUT2D eigenvalue weighted by Gasteiger charge is -2.10. The molecular formula is C20H16N6. The maximum Gasteiger partial charge on any atom is 0.116 e. The smallest absolute Gasteiger partial charge is 0.116 e. The van der Waals surface area contributed by atoms with Crippen LogP contribution in [0.15, 0.2) is 60.7 Å². The van der Waals surface area contributed by atoms with Gasteiger partial charge in [-0.3, -0.25) is 0 Å².